The van der Waals surface area contributed by atoms with Gasteiger partial charge in [-0.3, -0.25) is 0 Å². The van der Waals surface area contributed by atoms with Crippen LogP contribution < -0.4 is 5.32 Å². The van der Waals surface area contributed by atoms with Gasteiger partial charge >= 0.3 is 0 Å². The van der Waals surface area contributed by atoms with Crippen LogP contribution in [0.15, 0.2) is 0 Å². The molecule has 14 heavy (non-hydrogen) atoms. The zero-order valence-electron chi connectivity index (χ0n) is 9.26. The van der Waals surface area contributed by atoms with Gasteiger partial charge in [0.25, 0.3) is 0 Å². The number of rotatable bonds is 5. The average molecular weight is 214 g/mol. The Morgan fingerprint density at radius 2 is 2.21 bits per heavy atom. The molecule has 1 aromatic heterocycles. The van der Waals surface area contributed by atoms with Gasteiger partial charge in [-0.2, -0.15) is 0 Å². The molecule has 0 bridgehead atoms. The first-order valence-corrected chi connectivity index (χ1v) is 5.67. The molecule has 0 unspecified atom stereocenters. The summed E-state index contributed by atoms with van der Waals surface area (Å²) in [7, 11) is 1.70. The van der Waals surface area contributed by atoms with Crippen LogP contribution in [0.2, 0.25) is 0 Å². The van der Waals surface area contributed by atoms with Crippen molar-refractivity contribution in [2.75, 3.05) is 25.6 Å². The van der Waals surface area contributed by atoms with Crippen LogP contribution in [0.4, 0.5) is 5.13 Å². The van der Waals surface area contributed by atoms with Gasteiger partial charge in [0.2, 0.25) is 0 Å². The Balaban J connectivity index is 2.57. The Bertz CT molecular complexity index is 284. The maximum absolute atomic E-state index is 4.96. The van der Waals surface area contributed by atoms with Crippen molar-refractivity contribution in [1.29, 1.82) is 0 Å². The lowest BCUT2D eigenvalue weighted by atomic mass is 10.1. The SMILES string of the molecule is COCCNc1nc(C(C)C)c(C)s1. The molecule has 80 valence electrons. The van der Waals surface area contributed by atoms with Crippen molar-refractivity contribution in [2.45, 2.75) is 26.7 Å². The van der Waals surface area contributed by atoms with E-state index in [0.717, 1.165) is 18.3 Å². The first-order valence-electron chi connectivity index (χ1n) is 4.85. The van der Waals surface area contributed by atoms with Crippen LogP contribution in [0.1, 0.15) is 30.3 Å². The summed E-state index contributed by atoms with van der Waals surface area (Å²) in [6.45, 7) is 7.99. The zero-order chi connectivity index (χ0) is 10.6. The molecule has 0 aromatic carbocycles. The first kappa shape index (κ1) is 11.5. The smallest absolute Gasteiger partial charge is 0.183 e. The summed E-state index contributed by atoms with van der Waals surface area (Å²) in [4.78, 5) is 5.84. The van der Waals surface area contributed by atoms with E-state index in [1.54, 1.807) is 18.4 Å². The van der Waals surface area contributed by atoms with Crippen molar-refractivity contribution in [3.63, 3.8) is 0 Å². The van der Waals surface area contributed by atoms with Gasteiger partial charge < -0.3 is 10.1 Å². The van der Waals surface area contributed by atoms with Gasteiger partial charge in [0.1, 0.15) is 0 Å². The van der Waals surface area contributed by atoms with Crippen LogP contribution in [-0.4, -0.2) is 25.2 Å². The first-order chi connectivity index (χ1) is 6.65. The molecule has 1 aromatic rings. The maximum Gasteiger partial charge on any atom is 0.183 e. The molecular formula is C10H18N2OS. The molecule has 0 aliphatic carbocycles. The fourth-order valence-electron chi connectivity index (χ4n) is 1.28. The second kappa shape index (κ2) is 5.32. The monoisotopic (exact) mass is 214 g/mol. The second-order valence-corrected chi connectivity index (χ2v) is 4.74. The molecule has 1 rings (SSSR count). The van der Waals surface area contributed by atoms with Gasteiger partial charge in [-0.1, -0.05) is 13.8 Å². The van der Waals surface area contributed by atoms with Gasteiger partial charge in [0, 0.05) is 18.5 Å². The molecule has 0 saturated heterocycles. The third-order valence-electron chi connectivity index (χ3n) is 1.96. The van der Waals surface area contributed by atoms with E-state index in [2.05, 4.69) is 31.1 Å². The lowest BCUT2D eigenvalue weighted by Gasteiger charge is -2.01. The van der Waals surface area contributed by atoms with E-state index >= 15 is 0 Å². The van der Waals surface area contributed by atoms with Crippen molar-refractivity contribution in [2.24, 2.45) is 0 Å². The van der Waals surface area contributed by atoms with Crippen LogP contribution in [0.5, 0.6) is 0 Å². The average Bonchev–Trinajstić information content (AvgIpc) is 2.47. The molecule has 0 fully saturated rings. The van der Waals surface area contributed by atoms with Gasteiger partial charge in [-0.25, -0.2) is 4.98 Å². The minimum absolute atomic E-state index is 0.504. The number of nitrogens with one attached hydrogen (secondary N) is 1. The van der Waals surface area contributed by atoms with E-state index in [4.69, 9.17) is 4.74 Å². The molecule has 0 saturated carbocycles. The maximum atomic E-state index is 4.96. The molecule has 1 heterocycles. The fraction of sp³-hybridized carbons (Fsp3) is 0.700. The third-order valence-corrected chi connectivity index (χ3v) is 2.91. The number of aryl methyl sites for hydroxylation is 1. The minimum atomic E-state index is 0.504. The summed E-state index contributed by atoms with van der Waals surface area (Å²) in [6, 6.07) is 0. The minimum Gasteiger partial charge on any atom is -0.383 e. The molecule has 0 radical (unpaired) electrons. The van der Waals surface area contributed by atoms with Crippen LogP contribution in [0.25, 0.3) is 0 Å². The highest BCUT2D eigenvalue weighted by atomic mass is 32.1. The largest absolute Gasteiger partial charge is 0.383 e. The van der Waals surface area contributed by atoms with Gasteiger partial charge in [-0.15, -0.1) is 11.3 Å². The molecular weight excluding hydrogens is 196 g/mol. The summed E-state index contributed by atoms with van der Waals surface area (Å²) >= 11 is 1.72. The van der Waals surface area contributed by atoms with Crippen molar-refractivity contribution in [3.8, 4) is 0 Å². The lowest BCUT2D eigenvalue weighted by Crippen LogP contribution is -2.07. The number of hydrogen-bond acceptors (Lipinski definition) is 4. The predicted molar refractivity (Wildman–Crippen MR) is 61.3 cm³/mol. The Kier molecular flexibility index (Phi) is 4.35. The van der Waals surface area contributed by atoms with Crippen molar-refractivity contribution in [1.82, 2.24) is 4.98 Å². The normalized spacial score (nSPS) is 10.9. The topological polar surface area (TPSA) is 34.1 Å². The predicted octanol–water partition coefficient (Wildman–Crippen LogP) is 2.63. The van der Waals surface area contributed by atoms with E-state index in [-0.39, 0.29) is 0 Å². The van der Waals surface area contributed by atoms with E-state index in [9.17, 15) is 0 Å². The Morgan fingerprint density at radius 1 is 1.50 bits per heavy atom. The van der Waals surface area contributed by atoms with Crippen LogP contribution >= 0.6 is 11.3 Å². The molecule has 0 amide bonds. The number of aromatic nitrogens is 1. The highest BCUT2D eigenvalue weighted by Gasteiger charge is 2.09. The Labute approximate surface area is 89.5 Å². The summed E-state index contributed by atoms with van der Waals surface area (Å²) in [5.74, 6) is 0.504. The number of methoxy groups -OCH3 is 1. The highest BCUT2D eigenvalue weighted by Crippen LogP contribution is 2.26. The van der Waals surface area contributed by atoms with Crippen molar-refractivity contribution >= 4 is 16.5 Å². The summed E-state index contributed by atoms with van der Waals surface area (Å²) in [5.41, 5.74) is 1.20. The number of ether oxygens (including phenoxy) is 1. The highest BCUT2D eigenvalue weighted by molar-refractivity contribution is 7.15. The van der Waals surface area contributed by atoms with E-state index in [1.807, 2.05) is 0 Å². The fourth-order valence-corrected chi connectivity index (χ4v) is 2.27. The number of anilines is 1. The number of thiazole rings is 1. The number of hydrogen-bond donors (Lipinski definition) is 1. The third kappa shape index (κ3) is 2.96. The van der Waals surface area contributed by atoms with Crippen LogP contribution in [0, 0.1) is 6.92 Å². The van der Waals surface area contributed by atoms with E-state index in [1.165, 1.54) is 10.6 Å². The molecule has 4 heteroatoms. The molecule has 1 N–H and O–H groups in total. The van der Waals surface area contributed by atoms with Gasteiger partial charge in [0.15, 0.2) is 5.13 Å². The zero-order valence-corrected chi connectivity index (χ0v) is 10.1. The Hall–Kier alpha value is -0.610. The molecule has 0 spiro atoms. The summed E-state index contributed by atoms with van der Waals surface area (Å²) in [5, 5.41) is 4.25. The second-order valence-electron chi connectivity index (χ2n) is 3.53. The quantitative estimate of drug-likeness (QED) is 0.765. The Morgan fingerprint density at radius 3 is 2.71 bits per heavy atom. The van der Waals surface area contributed by atoms with Gasteiger partial charge in [-0.05, 0) is 12.8 Å². The van der Waals surface area contributed by atoms with Gasteiger partial charge in [0.05, 0.1) is 12.3 Å². The van der Waals surface area contributed by atoms with E-state index in [0.29, 0.717) is 5.92 Å². The molecule has 0 atom stereocenters. The number of nitrogens with zero attached hydrogens (tertiary/aromatic N) is 1. The standard InChI is InChI=1S/C10H18N2OS/c1-7(2)9-8(3)14-10(12-9)11-5-6-13-4/h7H,5-6H2,1-4H3,(H,11,12). The molecule has 0 aliphatic heterocycles. The molecule has 0 aliphatic rings. The van der Waals surface area contributed by atoms with Crippen molar-refractivity contribution < 1.29 is 4.74 Å². The van der Waals surface area contributed by atoms with Crippen LogP contribution in [0.3, 0.4) is 0 Å². The summed E-state index contributed by atoms with van der Waals surface area (Å²) in [6.07, 6.45) is 0. The molecule has 3 nitrogen and oxygen atoms in total. The van der Waals surface area contributed by atoms with Crippen molar-refractivity contribution in [3.05, 3.63) is 10.6 Å². The van der Waals surface area contributed by atoms with E-state index < -0.39 is 0 Å². The summed E-state index contributed by atoms with van der Waals surface area (Å²) < 4.78 is 4.96. The lowest BCUT2D eigenvalue weighted by molar-refractivity contribution is 0.211. The van der Waals surface area contributed by atoms with Crippen LogP contribution in [-0.2, 0) is 4.74 Å².